The Morgan fingerprint density at radius 3 is 2.79 bits per heavy atom. The second kappa shape index (κ2) is 7.32. The molecule has 1 N–H and O–H groups in total. The number of tetrazole rings is 1. The fraction of sp³-hybridized carbons (Fsp3) is 0.188. The third-order valence-corrected chi connectivity index (χ3v) is 3.48. The van der Waals surface area contributed by atoms with Gasteiger partial charge < -0.3 is 10.1 Å². The highest BCUT2D eigenvalue weighted by atomic mass is 16.5. The van der Waals surface area contributed by atoms with Gasteiger partial charge in [0.2, 0.25) is 11.8 Å². The smallest absolute Gasteiger partial charge is 0.249 e. The Labute approximate surface area is 138 Å². The average molecular weight is 324 g/mol. The van der Waals surface area contributed by atoms with Crippen molar-refractivity contribution in [1.29, 1.82) is 0 Å². The van der Waals surface area contributed by atoms with Gasteiger partial charge in [-0.25, -0.2) is 9.67 Å². The molecule has 0 aliphatic heterocycles. The maximum atomic E-state index is 12.8. The Balaban J connectivity index is 1.84. The van der Waals surface area contributed by atoms with Gasteiger partial charge >= 0.3 is 0 Å². The highest BCUT2D eigenvalue weighted by Crippen LogP contribution is 2.22. The van der Waals surface area contributed by atoms with E-state index < -0.39 is 6.04 Å². The molecule has 0 radical (unpaired) electrons. The lowest BCUT2D eigenvalue weighted by Gasteiger charge is -2.17. The van der Waals surface area contributed by atoms with E-state index in [1.165, 1.54) is 18.1 Å². The summed E-state index contributed by atoms with van der Waals surface area (Å²) in [5.74, 6) is 0.0958. The third kappa shape index (κ3) is 3.54. The van der Waals surface area contributed by atoms with E-state index in [0.717, 1.165) is 5.56 Å². The first-order valence-electron chi connectivity index (χ1n) is 7.34. The fourth-order valence-electron chi connectivity index (χ4n) is 2.32. The molecule has 1 atom stereocenters. The molecule has 0 saturated carbocycles. The Hall–Kier alpha value is -3.29. The molecule has 8 nitrogen and oxygen atoms in total. The maximum absolute atomic E-state index is 12.8. The third-order valence-electron chi connectivity index (χ3n) is 3.48. The first-order chi connectivity index (χ1) is 11.8. The Morgan fingerprint density at radius 1 is 1.25 bits per heavy atom. The Kier molecular flexibility index (Phi) is 4.76. The number of carbonyl (C=O) groups excluding carboxylic acids is 1. The molecule has 1 aromatic carbocycles. The summed E-state index contributed by atoms with van der Waals surface area (Å²) in [7, 11) is 1.50. The minimum atomic E-state index is -0.590. The van der Waals surface area contributed by atoms with E-state index in [0.29, 0.717) is 18.0 Å². The molecule has 1 amide bonds. The number of hydrogen-bond donors (Lipinski definition) is 1. The molecule has 1 unspecified atom stereocenters. The molecular weight excluding hydrogens is 308 g/mol. The van der Waals surface area contributed by atoms with Crippen LogP contribution in [0.2, 0.25) is 0 Å². The van der Waals surface area contributed by atoms with Crippen LogP contribution in [0.4, 0.5) is 5.69 Å². The fourth-order valence-corrected chi connectivity index (χ4v) is 2.32. The number of aromatic nitrogens is 5. The molecule has 0 aliphatic carbocycles. The molecule has 0 aliphatic rings. The van der Waals surface area contributed by atoms with E-state index in [1.54, 1.807) is 18.3 Å². The van der Waals surface area contributed by atoms with Crippen molar-refractivity contribution in [2.24, 2.45) is 0 Å². The van der Waals surface area contributed by atoms with Crippen molar-refractivity contribution in [2.45, 2.75) is 12.5 Å². The van der Waals surface area contributed by atoms with Crippen molar-refractivity contribution in [3.8, 4) is 5.88 Å². The number of rotatable bonds is 6. The number of ether oxygens (including phenoxy) is 1. The van der Waals surface area contributed by atoms with Crippen LogP contribution in [0.15, 0.2) is 55.0 Å². The monoisotopic (exact) mass is 324 g/mol. The summed E-state index contributed by atoms with van der Waals surface area (Å²) in [6.07, 6.45) is 3.48. The topological polar surface area (TPSA) is 94.8 Å². The highest BCUT2D eigenvalue weighted by Gasteiger charge is 2.23. The summed E-state index contributed by atoms with van der Waals surface area (Å²) in [5, 5.41) is 13.9. The van der Waals surface area contributed by atoms with Gasteiger partial charge in [-0.15, -0.1) is 5.10 Å². The van der Waals surface area contributed by atoms with Crippen LogP contribution in [-0.4, -0.2) is 38.2 Å². The quantitative estimate of drug-likeness (QED) is 0.738. The first-order valence-corrected chi connectivity index (χ1v) is 7.34. The summed E-state index contributed by atoms with van der Waals surface area (Å²) in [4.78, 5) is 16.8. The molecule has 0 saturated heterocycles. The minimum Gasteiger partial charge on any atom is -0.480 e. The van der Waals surface area contributed by atoms with Crippen LogP contribution in [0, 0.1) is 0 Å². The van der Waals surface area contributed by atoms with Gasteiger partial charge in [-0.3, -0.25) is 4.79 Å². The van der Waals surface area contributed by atoms with Gasteiger partial charge in [0.05, 0.1) is 7.11 Å². The van der Waals surface area contributed by atoms with Crippen molar-refractivity contribution in [3.05, 3.63) is 60.6 Å². The van der Waals surface area contributed by atoms with Crippen LogP contribution in [0.1, 0.15) is 11.6 Å². The number of anilines is 1. The number of carbonyl (C=O) groups is 1. The number of hydrogen-bond acceptors (Lipinski definition) is 6. The molecule has 122 valence electrons. The van der Waals surface area contributed by atoms with Gasteiger partial charge in [0.25, 0.3) is 0 Å². The minimum absolute atomic E-state index is 0.252. The first kappa shape index (κ1) is 15.6. The zero-order valence-corrected chi connectivity index (χ0v) is 13.0. The molecule has 0 bridgehead atoms. The van der Waals surface area contributed by atoms with E-state index in [2.05, 4.69) is 25.8 Å². The molecule has 8 heteroatoms. The largest absolute Gasteiger partial charge is 0.480 e. The lowest BCUT2D eigenvalue weighted by molar-refractivity contribution is -0.119. The molecule has 24 heavy (non-hydrogen) atoms. The molecule has 2 heterocycles. The SMILES string of the molecule is COc1ncccc1NC(=O)C(Cc1ccccc1)n1cnnn1. The summed E-state index contributed by atoms with van der Waals surface area (Å²) in [6.45, 7) is 0. The Morgan fingerprint density at radius 2 is 2.08 bits per heavy atom. The van der Waals surface area contributed by atoms with Crippen molar-refractivity contribution in [1.82, 2.24) is 25.2 Å². The molecular formula is C16H16N6O2. The lowest BCUT2D eigenvalue weighted by Crippen LogP contribution is -2.28. The molecule has 3 aromatic rings. The van der Waals surface area contributed by atoms with Crippen LogP contribution in [0.5, 0.6) is 5.88 Å². The van der Waals surface area contributed by atoms with E-state index in [-0.39, 0.29) is 5.91 Å². The standard InChI is InChI=1S/C16H16N6O2/c1-24-16-13(8-5-9-17-16)19-15(23)14(22-11-18-20-21-22)10-12-6-3-2-4-7-12/h2-9,11,14H,10H2,1H3,(H,19,23). The van der Waals surface area contributed by atoms with Gasteiger partial charge in [0.1, 0.15) is 18.1 Å². The average Bonchev–Trinajstić information content (AvgIpc) is 3.15. The number of amides is 1. The highest BCUT2D eigenvalue weighted by molar-refractivity contribution is 5.94. The number of nitrogens with one attached hydrogen (secondary N) is 1. The predicted octanol–water partition coefficient (Wildman–Crippen LogP) is 1.50. The maximum Gasteiger partial charge on any atom is 0.249 e. The predicted molar refractivity (Wildman–Crippen MR) is 86.4 cm³/mol. The van der Waals surface area contributed by atoms with Gasteiger partial charge in [-0.05, 0) is 28.1 Å². The van der Waals surface area contributed by atoms with E-state index in [9.17, 15) is 4.79 Å². The van der Waals surface area contributed by atoms with Crippen LogP contribution < -0.4 is 10.1 Å². The molecule has 0 spiro atoms. The van der Waals surface area contributed by atoms with Crippen molar-refractivity contribution in [3.63, 3.8) is 0 Å². The molecule has 2 aromatic heterocycles. The second-order valence-corrected chi connectivity index (χ2v) is 5.04. The zero-order chi connectivity index (χ0) is 16.8. The van der Waals surface area contributed by atoms with Crippen LogP contribution in [-0.2, 0) is 11.2 Å². The number of methoxy groups -OCH3 is 1. The summed E-state index contributed by atoms with van der Waals surface area (Å²) < 4.78 is 6.60. The van der Waals surface area contributed by atoms with E-state index in [4.69, 9.17) is 4.74 Å². The van der Waals surface area contributed by atoms with Crippen molar-refractivity contribution in [2.75, 3.05) is 12.4 Å². The van der Waals surface area contributed by atoms with Crippen molar-refractivity contribution >= 4 is 11.6 Å². The van der Waals surface area contributed by atoms with Crippen molar-refractivity contribution < 1.29 is 9.53 Å². The van der Waals surface area contributed by atoms with Gasteiger partial charge in [0, 0.05) is 12.6 Å². The molecule has 0 fully saturated rings. The van der Waals surface area contributed by atoms with Crippen LogP contribution in [0.3, 0.4) is 0 Å². The zero-order valence-electron chi connectivity index (χ0n) is 13.0. The summed E-state index contributed by atoms with van der Waals surface area (Å²) in [5.41, 5.74) is 1.50. The number of nitrogens with zero attached hydrogens (tertiary/aromatic N) is 5. The summed E-state index contributed by atoms with van der Waals surface area (Å²) >= 11 is 0. The number of pyridine rings is 1. The van der Waals surface area contributed by atoms with Gasteiger partial charge in [-0.1, -0.05) is 30.3 Å². The van der Waals surface area contributed by atoms with Gasteiger partial charge in [0.15, 0.2) is 0 Å². The normalized spacial score (nSPS) is 11.7. The van der Waals surface area contributed by atoms with Crippen LogP contribution >= 0.6 is 0 Å². The van der Waals surface area contributed by atoms with Gasteiger partial charge in [-0.2, -0.15) is 0 Å². The molecule has 3 rings (SSSR count). The Bertz CT molecular complexity index is 791. The second-order valence-electron chi connectivity index (χ2n) is 5.04. The van der Waals surface area contributed by atoms with Crippen LogP contribution in [0.25, 0.3) is 0 Å². The summed E-state index contributed by atoms with van der Waals surface area (Å²) in [6, 6.07) is 12.5. The number of benzene rings is 1. The van der Waals surface area contributed by atoms with E-state index in [1.807, 2.05) is 30.3 Å². The lowest BCUT2D eigenvalue weighted by atomic mass is 10.1. The van der Waals surface area contributed by atoms with E-state index >= 15 is 0 Å².